The molecule has 116 valence electrons. The fourth-order valence-electron chi connectivity index (χ4n) is 3.06. The topological polar surface area (TPSA) is 47.6 Å². The second-order valence-corrected chi connectivity index (χ2v) is 5.96. The van der Waals surface area contributed by atoms with Crippen molar-refractivity contribution in [2.45, 2.75) is 45.6 Å². The fourth-order valence-corrected chi connectivity index (χ4v) is 3.06. The number of para-hydroxylation sites is 2. The Morgan fingerprint density at radius 1 is 1.24 bits per heavy atom. The van der Waals surface area contributed by atoms with Crippen LogP contribution >= 0.6 is 0 Å². The largest absolute Gasteiger partial charge is 0.495 e. The lowest BCUT2D eigenvalue weighted by Gasteiger charge is -2.33. The third kappa shape index (κ3) is 4.13. The quantitative estimate of drug-likeness (QED) is 0.891. The lowest BCUT2D eigenvalue weighted by atomic mass is 9.79. The molecule has 4 nitrogen and oxygen atoms in total. The summed E-state index contributed by atoms with van der Waals surface area (Å²) in [6.07, 6.45) is 4.10. The van der Waals surface area contributed by atoms with Gasteiger partial charge in [-0.3, -0.25) is 5.32 Å². The molecule has 0 bridgehead atoms. The minimum Gasteiger partial charge on any atom is -0.495 e. The number of hydrogen-bond donors (Lipinski definition) is 1. The van der Waals surface area contributed by atoms with Gasteiger partial charge in [-0.05, 0) is 43.2 Å². The highest BCUT2D eigenvalue weighted by Crippen LogP contribution is 2.32. The zero-order chi connectivity index (χ0) is 15.2. The number of ether oxygens (including phenoxy) is 2. The van der Waals surface area contributed by atoms with Gasteiger partial charge in [-0.2, -0.15) is 0 Å². The van der Waals surface area contributed by atoms with Crippen molar-refractivity contribution in [2.24, 2.45) is 11.8 Å². The summed E-state index contributed by atoms with van der Waals surface area (Å²) >= 11 is 0. The van der Waals surface area contributed by atoms with Crippen LogP contribution in [0, 0.1) is 11.8 Å². The summed E-state index contributed by atoms with van der Waals surface area (Å²) < 4.78 is 10.9. The van der Waals surface area contributed by atoms with Crippen molar-refractivity contribution in [3.8, 4) is 5.75 Å². The Bertz CT molecular complexity index is 473. The molecule has 1 aliphatic rings. The highest BCUT2D eigenvalue weighted by Gasteiger charge is 2.30. The summed E-state index contributed by atoms with van der Waals surface area (Å²) in [5, 5.41) is 2.78. The summed E-state index contributed by atoms with van der Waals surface area (Å²) in [7, 11) is 1.59. The van der Waals surface area contributed by atoms with Crippen molar-refractivity contribution < 1.29 is 14.3 Å². The Morgan fingerprint density at radius 2 is 1.95 bits per heavy atom. The molecular formula is C17H25NO3. The molecule has 0 spiro atoms. The van der Waals surface area contributed by atoms with Crippen LogP contribution in [-0.2, 0) is 4.74 Å². The minimum atomic E-state index is -0.392. The number of hydrogen-bond acceptors (Lipinski definition) is 3. The van der Waals surface area contributed by atoms with Crippen LogP contribution in [0.5, 0.6) is 5.75 Å². The molecule has 21 heavy (non-hydrogen) atoms. The Hall–Kier alpha value is -1.71. The Balaban J connectivity index is 1.97. The van der Waals surface area contributed by atoms with Crippen LogP contribution in [0.1, 0.15) is 39.5 Å². The number of nitrogens with one attached hydrogen (secondary N) is 1. The van der Waals surface area contributed by atoms with E-state index in [1.165, 1.54) is 6.42 Å². The molecule has 2 atom stereocenters. The standard InChI is InChI=1S/C17H25NO3/c1-12(2)13-8-4-6-10-15(13)21-17(19)18-14-9-5-7-11-16(14)20-3/h5,7,9,11-13,15H,4,6,8,10H2,1-3H3,(H,18,19). The molecule has 0 aromatic heterocycles. The summed E-state index contributed by atoms with van der Waals surface area (Å²) in [4.78, 5) is 12.1. The molecule has 1 aromatic carbocycles. The van der Waals surface area contributed by atoms with E-state index in [0.717, 1.165) is 19.3 Å². The van der Waals surface area contributed by atoms with Gasteiger partial charge in [-0.1, -0.05) is 32.4 Å². The van der Waals surface area contributed by atoms with Gasteiger partial charge in [0, 0.05) is 0 Å². The zero-order valence-corrected chi connectivity index (χ0v) is 13.1. The highest BCUT2D eigenvalue weighted by atomic mass is 16.6. The van der Waals surface area contributed by atoms with E-state index in [9.17, 15) is 4.79 Å². The number of anilines is 1. The van der Waals surface area contributed by atoms with Crippen LogP contribution in [0.25, 0.3) is 0 Å². The van der Waals surface area contributed by atoms with Gasteiger partial charge in [0.05, 0.1) is 12.8 Å². The predicted molar refractivity (Wildman–Crippen MR) is 83.7 cm³/mol. The van der Waals surface area contributed by atoms with Crippen molar-refractivity contribution >= 4 is 11.8 Å². The van der Waals surface area contributed by atoms with Crippen molar-refractivity contribution in [2.75, 3.05) is 12.4 Å². The first kappa shape index (κ1) is 15.7. The molecular weight excluding hydrogens is 266 g/mol. The van der Waals surface area contributed by atoms with Crippen LogP contribution in [-0.4, -0.2) is 19.3 Å². The molecule has 4 heteroatoms. The van der Waals surface area contributed by atoms with Gasteiger partial charge >= 0.3 is 6.09 Å². The van der Waals surface area contributed by atoms with Gasteiger partial charge in [0.15, 0.2) is 0 Å². The average molecular weight is 291 g/mol. The second-order valence-electron chi connectivity index (χ2n) is 5.96. The first-order valence-electron chi connectivity index (χ1n) is 7.72. The number of carbonyl (C=O) groups is 1. The normalized spacial score (nSPS) is 21.9. The van der Waals surface area contributed by atoms with E-state index in [1.807, 2.05) is 18.2 Å². The summed E-state index contributed by atoms with van der Waals surface area (Å²) in [6, 6.07) is 7.34. The van der Waals surface area contributed by atoms with E-state index in [-0.39, 0.29) is 6.10 Å². The van der Waals surface area contributed by atoms with E-state index >= 15 is 0 Å². The number of amides is 1. The highest BCUT2D eigenvalue weighted by molar-refractivity contribution is 5.86. The van der Waals surface area contributed by atoms with Gasteiger partial charge < -0.3 is 9.47 Å². The third-order valence-corrected chi connectivity index (χ3v) is 4.21. The van der Waals surface area contributed by atoms with E-state index in [1.54, 1.807) is 13.2 Å². The molecule has 1 saturated carbocycles. The van der Waals surface area contributed by atoms with Crippen LogP contribution in [0.4, 0.5) is 10.5 Å². The Kier molecular flexibility index (Phi) is 5.48. The molecule has 1 aliphatic carbocycles. The molecule has 1 aromatic rings. The Morgan fingerprint density at radius 3 is 2.67 bits per heavy atom. The van der Waals surface area contributed by atoms with E-state index < -0.39 is 6.09 Å². The van der Waals surface area contributed by atoms with Crippen LogP contribution in [0.3, 0.4) is 0 Å². The van der Waals surface area contributed by atoms with Crippen molar-refractivity contribution in [1.82, 2.24) is 0 Å². The van der Waals surface area contributed by atoms with Crippen molar-refractivity contribution in [3.05, 3.63) is 24.3 Å². The number of methoxy groups -OCH3 is 1. The van der Waals surface area contributed by atoms with Crippen LogP contribution in [0.15, 0.2) is 24.3 Å². The zero-order valence-electron chi connectivity index (χ0n) is 13.1. The molecule has 2 unspecified atom stereocenters. The SMILES string of the molecule is COc1ccccc1NC(=O)OC1CCCCC1C(C)C. The van der Waals surface area contributed by atoms with Gasteiger partial charge in [0.25, 0.3) is 0 Å². The van der Waals surface area contributed by atoms with E-state index in [0.29, 0.717) is 23.3 Å². The van der Waals surface area contributed by atoms with Gasteiger partial charge in [-0.15, -0.1) is 0 Å². The number of benzene rings is 1. The maximum absolute atomic E-state index is 12.1. The second kappa shape index (κ2) is 7.34. The molecule has 2 rings (SSSR count). The fraction of sp³-hybridized carbons (Fsp3) is 0.588. The van der Waals surface area contributed by atoms with Gasteiger partial charge in [-0.25, -0.2) is 4.79 Å². The lowest BCUT2D eigenvalue weighted by Crippen LogP contribution is -2.34. The molecule has 1 amide bonds. The lowest BCUT2D eigenvalue weighted by molar-refractivity contribution is 0.0277. The molecule has 1 N–H and O–H groups in total. The molecule has 1 fully saturated rings. The third-order valence-electron chi connectivity index (χ3n) is 4.21. The maximum atomic E-state index is 12.1. The average Bonchev–Trinajstić information content (AvgIpc) is 2.48. The maximum Gasteiger partial charge on any atom is 0.412 e. The molecule has 0 aliphatic heterocycles. The molecule has 0 radical (unpaired) electrons. The Labute approximate surface area is 126 Å². The smallest absolute Gasteiger partial charge is 0.412 e. The van der Waals surface area contributed by atoms with Crippen LogP contribution < -0.4 is 10.1 Å². The molecule has 0 saturated heterocycles. The number of carbonyl (C=O) groups excluding carboxylic acids is 1. The van der Waals surface area contributed by atoms with Gasteiger partial charge in [0.2, 0.25) is 0 Å². The van der Waals surface area contributed by atoms with Crippen molar-refractivity contribution in [1.29, 1.82) is 0 Å². The number of rotatable bonds is 4. The summed E-state index contributed by atoms with van der Waals surface area (Å²) in [5.74, 6) is 1.63. The summed E-state index contributed by atoms with van der Waals surface area (Å²) in [5.41, 5.74) is 0.641. The van der Waals surface area contributed by atoms with E-state index in [4.69, 9.17) is 9.47 Å². The first-order chi connectivity index (χ1) is 10.1. The minimum absolute atomic E-state index is 0.0217. The van der Waals surface area contributed by atoms with E-state index in [2.05, 4.69) is 19.2 Å². The molecule has 0 heterocycles. The first-order valence-corrected chi connectivity index (χ1v) is 7.72. The van der Waals surface area contributed by atoms with Crippen molar-refractivity contribution in [3.63, 3.8) is 0 Å². The van der Waals surface area contributed by atoms with Gasteiger partial charge in [0.1, 0.15) is 11.9 Å². The monoisotopic (exact) mass is 291 g/mol. The van der Waals surface area contributed by atoms with Crippen LogP contribution in [0.2, 0.25) is 0 Å². The predicted octanol–water partition coefficient (Wildman–Crippen LogP) is 4.46. The summed E-state index contributed by atoms with van der Waals surface area (Å²) in [6.45, 7) is 4.40.